The number of hydrogen-bond acceptors (Lipinski definition) is 2. The van der Waals surface area contributed by atoms with Crippen molar-refractivity contribution in [2.24, 2.45) is 5.41 Å². The van der Waals surface area contributed by atoms with Gasteiger partial charge in [0.1, 0.15) is 0 Å². The normalized spacial score (nSPS) is 11.0. The molecular weight excluding hydrogens is 240 g/mol. The third-order valence-corrected chi connectivity index (χ3v) is 2.68. The first-order chi connectivity index (χ1) is 8.87. The molecule has 0 fully saturated rings. The van der Waals surface area contributed by atoms with Gasteiger partial charge in [0.15, 0.2) is 0 Å². The lowest BCUT2D eigenvalue weighted by Gasteiger charge is -2.17. The fraction of sp³-hybridized carbons (Fsp3) is 0.467. The van der Waals surface area contributed by atoms with E-state index in [1.807, 2.05) is 26.1 Å². The van der Waals surface area contributed by atoms with E-state index >= 15 is 0 Å². The van der Waals surface area contributed by atoms with Gasteiger partial charge in [-0.25, -0.2) is 0 Å². The minimum absolute atomic E-state index is 0.127. The van der Waals surface area contributed by atoms with E-state index in [0.717, 1.165) is 17.3 Å². The molecule has 4 nitrogen and oxygen atoms in total. The zero-order valence-corrected chi connectivity index (χ0v) is 12.3. The Kier molecular flexibility index (Phi) is 4.70. The van der Waals surface area contributed by atoms with Crippen molar-refractivity contribution in [2.45, 2.75) is 41.0 Å². The summed E-state index contributed by atoms with van der Waals surface area (Å²) in [6.45, 7) is 10.5. The molecule has 0 saturated heterocycles. The van der Waals surface area contributed by atoms with E-state index in [4.69, 9.17) is 0 Å². The minimum Gasteiger partial charge on any atom is -0.361 e. The fourth-order valence-corrected chi connectivity index (χ4v) is 2.01. The zero-order chi connectivity index (χ0) is 14.6. The molecular formula is C15H22N2O2. The lowest BCUT2D eigenvalue weighted by Crippen LogP contribution is -2.08. The molecule has 0 amide bonds. The first-order valence-electron chi connectivity index (χ1n) is 6.61. The van der Waals surface area contributed by atoms with Crippen LogP contribution in [-0.2, 0) is 6.42 Å². The van der Waals surface area contributed by atoms with Gasteiger partial charge in [-0.3, -0.25) is 10.1 Å². The third-order valence-electron chi connectivity index (χ3n) is 2.68. The summed E-state index contributed by atoms with van der Waals surface area (Å²) in [6.07, 6.45) is 2.89. The largest absolute Gasteiger partial charge is 0.361 e. The van der Waals surface area contributed by atoms with Crippen LogP contribution in [0.1, 0.15) is 40.2 Å². The molecule has 0 radical (unpaired) electrons. The Morgan fingerprint density at radius 3 is 2.42 bits per heavy atom. The number of fused-ring (bicyclic) bond motifs is 1. The second kappa shape index (κ2) is 5.87. The number of aromatic nitrogens is 1. The van der Waals surface area contributed by atoms with Crippen LogP contribution in [-0.4, -0.2) is 9.91 Å². The van der Waals surface area contributed by atoms with Crippen LogP contribution in [0.25, 0.3) is 10.9 Å². The van der Waals surface area contributed by atoms with Crippen molar-refractivity contribution in [3.63, 3.8) is 0 Å². The van der Waals surface area contributed by atoms with E-state index in [1.165, 1.54) is 5.56 Å². The van der Waals surface area contributed by atoms with E-state index in [9.17, 15) is 10.1 Å². The minimum atomic E-state index is -0.371. The number of nitrogens with zero attached hydrogens (tertiary/aromatic N) is 1. The molecule has 104 valence electrons. The van der Waals surface area contributed by atoms with Gasteiger partial charge in [-0.2, -0.15) is 0 Å². The SMILES string of the molecule is CC.CC(C)(C)Cc1c[nH]c2cc([N+](=O)[O-])ccc12. The van der Waals surface area contributed by atoms with Crippen LogP contribution in [0.5, 0.6) is 0 Å². The standard InChI is InChI=1S/C13H16N2O2.C2H6/c1-13(2,3)7-9-8-14-12-6-10(15(16)17)4-5-11(9)12;1-2/h4-6,8,14H,7H2,1-3H3;1-2H3. The first kappa shape index (κ1) is 15.2. The van der Waals surface area contributed by atoms with Crippen molar-refractivity contribution in [1.82, 2.24) is 4.98 Å². The number of nitro groups is 1. The molecule has 0 aliphatic rings. The molecule has 0 spiro atoms. The predicted molar refractivity (Wildman–Crippen MR) is 79.5 cm³/mol. The number of non-ortho nitro benzene ring substituents is 1. The summed E-state index contributed by atoms with van der Waals surface area (Å²) in [5, 5.41) is 11.7. The maximum Gasteiger partial charge on any atom is 0.271 e. The molecule has 2 aromatic rings. The molecule has 0 bridgehead atoms. The second-order valence-corrected chi connectivity index (χ2v) is 5.54. The highest BCUT2D eigenvalue weighted by Gasteiger charge is 2.15. The van der Waals surface area contributed by atoms with Gasteiger partial charge in [0.25, 0.3) is 5.69 Å². The molecule has 1 N–H and O–H groups in total. The molecule has 2 rings (SSSR count). The lowest BCUT2D eigenvalue weighted by molar-refractivity contribution is -0.384. The quantitative estimate of drug-likeness (QED) is 0.630. The van der Waals surface area contributed by atoms with Gasteiger partial charge in [-0.05, 0) is 23.5 Å². The van der Waals surface area contributed by atoms with Crippen LogP contribution >= 0.6 is 0 Å². The number of benzene rings is 1. The molecule has 0 atom stereocenters. The highest BCUT2D eigenvalue weighted by Crippen LogP contribution is 2.28. The third kappa shape index (κ3) is 3.81. The summed E-state index contributed by atoms with van der Waals surface area (Å²) in [6, 6.07) is 4.97. The van der Waals surface area contributed by atoms with Gasteiger partial charge in [0, 0.05) is 23.7 Å². The predicted octanol–water partition coefficient (Wildman–Crippen LogP) is 4.69. The van der Waals surface area contributed by atoms with Gasteiger partial charge < -0.3 is 4.98 Å². The van der Waals surface area contributed by atoms with Crippen molar-refractivity contribution >= 4 is 16.6 Å². The average Bonchev–Trinajstić information content (AvgIpc) is 2.72. The van der Waals surface area contributed by atoms with E-state index < -0.39 is 0 Å². The first-order valence-corrected chi connectivity index (χ1v) is 6.61. The maximum atomic E-state index is 10.7. The lowest BCUT2D eigenvalue weighted by atomic mass is 9.88. The zero-order valence-electron chi connectivity index (χ0n) is 12.3. The molecule has 19 heavy (non-hydrogen) atoms. The highest BCUT2D eigenvalue weighted by atomic mass is 16.6. The maximum absolute atomic E-state index is 10.7. The monoisotopic (exact) mass is 262 g/mol. The van der Waals surface area contributed by atoms with E-state index in [-0.39, 0.29) is 16.0 Å². The van der Waals surface area contributed by atoms with Gasteiger partial charge in [0.05, 0.1) is 10.4 Å². The molecule has 0 unspecified atom stereocenters. The molecule has 1 aromatic heterocycles. The van der Waals surface area contributed by atoms with Crippen LogP contribution in [0, 0.1) is 15.5 Å². The summed E-state index contributed by atoms with van der Waals surface area (Å²) in [5.74, 6) is 0. The van der Waals surface area contributed by atoms with E-state index in [0.29, 0.717) is 0 Å². The number of rotatable bonds is 2. The molecule has 1 aromatic carbocycles. The summed E-state index contributed by atoms with van der Waals surface area (Å²) in [7, 11) is 0. The second-order valence-electron chi connectivity index (χ2n) is 5.54. The van der Waals surface area contributed by atoms with Crippen molar-refractivity contribution in [1.29, 1.82) is 0 Å². The molecule has 1 heterocycles. The van der Waals surface area contributed by atoms with Crippen LogP contribution in [0.3, 0.4) is 0 Å². The Hall–Kier alpha value is -1.84. The smallest absolute Gasteiger partial charge is 0.271 e. The number of hydrogen-bond donors (Lipinski definition) is 1. The van der Waals surface area contributed by atoms with Crippen LogP contribution in [0.2, 0.25) is 0 Å². The summed E-state index contributed by atoms with van der Waals surface area (Å²) in [4.78, 5) is 13.4. The number of aromatic amines is 1. The molecule has 0 aliphatic carbocycles. The van der Waals surface area contributed by atoms with Crippen LogP contribution in [0.4, 0.5) is 5.69 Å². The number of H-pyrrole nitrogens is 1. The molecule has 0 aliphatic heterocycles. The van der Waals surface area contributed by atoms with Gasteiger partial charge in [-0.1, -0.05) is 34.6 Å². The van der Waals surface area contributed by atoms with Crippen molar-refractivity contribution in [2.75, 3.05) is 0 Å². The summed E-state index contributed by atoms with van der Waals surface area (Å²) < 4.78 is 0. The Morgan fingerprint density at radius 1 is 1.26 bits per heavy atom. The van der Waals surface area contributed by atoms with Crippen molar-refractivity contribution in [3.05, 3.63) is 40.1 Å². The number of nitro benzene ring substituents is 1. The summed E-state index contributed by atoms with van der Waals surface area (Å²) in [5.41, 5.74) is 2.37. The van der Waals surface area contributed by atoms with Crippen LogP contribution < -0.4 is 0 Å². The topological polar surface area (TPSA) is 58.9 Å². The van der Waals surface area contributed by atoms with Gasteiger partial charge >= 0.3 is 0 Å². The Labute approximate surface area is 114 Å². The Morgan fingerprint density at radius 2 is 1.89 bits per heavy atom. The van der Waals surface area contributed by atoms with Crippen molar-refractivity contribution in [3.8, 4) is 0 Å². The van der Waals surface area contributed by atoms with E-state index in [1.54, 1.807) is 12.1 Å². The molecule has 4 heteroatoms. The summed E-state index contributed by atoms with van der Waals surface area (Å²) >= 11 is 0. The van der Waals surface area contributed by atoms with Crippen LogP contribution in [0.15, 0.2) is 24.4 Å². The average molecular weight is 262 g/mol. The Bertz CT molecular complexity index is 565. The number of nitrogens with one attached hydrogen (secondary N) is 1. The van der Waals surface area contributed by atoms with Gasteiger partial charge in [-0.15, -0.1) is 0 Å². The van der Waals surface area contributed by atoms with E-state index in [2.05, 4.69) is 25.8 Å². The fourth-order valence-electron chi connectivity index (χ4n) is 2.01. The van der Waals surface area contributed by atoms with Crippen molar-refractivity contribution < 1.29 is 4.92 Å². The Balaban J connectivity index is 0.000000861. The highest BCUT2D eigenvalue weighted by molar-refractivity contribution is 5.85. The van der Waals surface area contributed by atoms with Gasteiger partial charge in [0.2, 0.25) is 0 Å². The molecule has 0 saturated carbocycles.